The Morgan fingerprint density at radius 3 is 2.56 bits per heavy atom. The van der Waals surface area contributed by atoms with E-state index in [4.69, 9.17) is 4.74 Å². The van der Waals surface area contributed by atoms with E-state index in [2.05, 4.69) is 20.6 Å². The molecule has 2 heterocycles. The van der Waals surface area contributed by atoms with Crippen LogP contribution in [0, 0.1) is 0 Å². The zero-order valence-corrected chi connectivity index (χ0v) is 14.6. The normalized spacial score (nSPS) is 14.9. The van der Waals surface area contributed by atoms with Gasteiger partial charge in [0, 0.05) is 31.5 Å². The molecule has 7 nitrogen and oxygen atoms in total. The van der Waals surface area contributed by atoms with Crippen LogP contribution in [0.5, 0.6) is 5.75 Å². The molecule has 1 aliphatic heterocycles. The largest absolute Gasteiger partial charge is 0.492 e. The number of carbonyl (C=O) groups is 1. The van der Waals surface area contributed by atoms with Crippen molar-refractivity contribution < 1.29 is 9.53 Å². The van der Waals surface area contributed by atoms with Gasteiger partial charge in [0.1, 0.15) is 12.4 Å². The Hall–Kier alpha value is -2.54. The van der Waals surface area contributed by atoms with E-state index in [-0.39, 0.29) is 6.03 Å². The number of piperidine rings is 1. The fourth-order valence-electron chi connectivity index (χ4n) is 2.87. The van der Waals surface area contributed by atoms with Crippen LogP contribution in [0.1, 0.15) is 19.3 Å². The van der Waals surface area contributed by atoms with Crippen LogP contribution < -0.4 is 15.4 Å². The first-order valence-electron chi connectivity index (χ1n) is 8.72. The number of rotatable bonds is 6. The molecule has 2 amide bonds. The number of hydrogen-bond acceptors (Lipinski definition) is 4. The first kappa shape index (κ1) is 17.3. The van der Waals surface area contributed by atoms with Gasteiger partial charge in [0.25, 0.3) is 0 Å². The number of nitrogens with zero attached hydrogens (tertiary/aromatic N) is 3. The van der Waals surface area contributed by atoms with Crippen molar-refractivity contribution in [1.29, 1.82) is 0 Å². The van der Waals surface area contributed by atoms with Gasteiger partial charge in [-0.2, -0.15) is 5.10 Å². The number of aryl methyl sites for hydroxylation is 1. The van der Waals surface area contributed by atoms with Gasteiger partial charge in [-0.05, 0) is 50.2 Å². The second-order valence-corrected chi connectivity index (χ2v) is 6.23. The number of likely N-dealkylation sites (tertiary alicyclic amines) is 1. The van der Waals surface area contributed by atoms with Gasteiger partial charge >= 0.3 is 6.03 Å². The molecule has 1 saturated heterocycles. The molecule has 2 aromatic rings. The average Bonchev–Trinajstić information content (AvgIpc) is 3.02. The molecule has 1 aromatic heterocycles. The summed E-state index contributed by atoms with van der Waals surface area (Å²) in [5, 5.41) is 9.55. The number of hydrogen-bond donors (Lipinski definition) is 2. The van der Waals surface area contributed by atoms with E-state index in [9.17, 15) is 4.79 Å². The van der Waals surface area contributed by atoms with Crippen LogP contribution in [-0.4, -0.2) is 47.0 Å². The molecule has 0 bridgehead atoms. The van der Waals surface area contributed by atoms with Gasteiger partial charge in [-0.3, -0.25) is 14.9 Å². The van der Waals surface area contributed by atoms with Gasteiger partial charge < -0.3 is 10.1 Å². The fourth-order valence-corrected chi connectivity index (χ4v) is 2.87. The SMILES string of the molecule is Cn1ccc(NC(=O)Nc2ccc(OCCN3CCCCC3)cc2)n1. The maximum Gasteiger partial charge on any atom is 0.324 e. The lowest BCUT2D eigenvalue weighted by Gasteiger charge is -2.26. The van der Waals surface area contributed by atoms with Gasteiger partial charge in [-0.25, -0.2) is 4.79 Å². The lowest BCUT2D eigenvalue weighted by atomic mass is 10.1. The molecule has 0 aliphatic carbocycles. The number of amides is 2. The summed E-state index contributed by atoms with van der Waals surface area (Å²) >= 11 is 0. The quantitative estimate of drug-likeness (QED) is 0.846. The van der Waals surface area contributed by atoms with Crippen LogP contribution in [0.4, 0.5) is 16.3 Å². The Kier molecular flexibility index (Phi) is 5.90. The van der Waals surface area contributed by atoms with Gasteiger partial charge in [-0.1, -0.05) is 6.42 Å². The van der Waals surface area contributed by atoms with Crippen LogP contribution >= 0.6 is 0 Å². The van der Waals surface area contributed by atoms with Crippen molar-refractivity contribution in [2.45, 2.75) is 19.3 Å². The Labute approximate surface area is 148 Å². The maximum atomic E-state index is 11.9. The van der Waals surface area contributed by atoms with Crippen molar-refractivity contribution >= 4 is 17.5 Å². The first-order chi connectivity index (χ1) is 12.2. The summed E-state index contributed by atoms with van der Waals surface area (Å²) in [6, 6.07) is 8.80. The highest BCUT2D eigenvalue weighted by Gasteiger charge is 2.09. The van der Waals surface area contributed by atoms with E-state index in [1.54, 1.807) is 24.0 Å². The molecule has 0 radical (unpaired) electrons. The lowest BCUT2D eigenvalue weighted by molar-refractivity contribution is 0.183. The third-order valence-corrected chi connectivity index (χ3v) is 4.19. The molecule has 3 rings (SSSR count). The molecule has 0 unspecified atom stereocenters. The van der Waals surface area contributed by atoms with Crippen molar-refractivity contribution in [3.8, 4) is 5.75 Å². The molecule has 25 heavy (non-hydrogen) atoms. The third kappa shape index (κ3) is 5.49. The highest BCUT2D eigenvalue weighted by atomic mass is 16.5. The van der Waals surface area contributed by atoms with Crippen molar-refractivity contribution in [2.24, 2.45) is 7.05 Å². The Balaban J connectivity index is 1.41. The highest BCUT2D eigenvalue weighted by molar-refractivity contribution is 5.99. The maximum absolute atomic E-state index is 11.9. The van der Waals surface area contributed by atoms with E-state index in [1.807, 2.05) is 24.3 Å². The Morgan fingerprint density at radius 1 is 1.12 bits per heavy atom. The van der Waals surface area contributed by atoms with Gasteiger partial charge in [0.05, 0.1) is 0 Å². The number of nitrogens with one attached hydrogen (secondary N) is 2. The van der Waals surface area contributed by atoms with Crippen molar-refractivity contribution in [2.75, 3.05) is 36.9 Å². The summed E-state index contributed by atoms with van der Waals surface area (Å²) in [4.78, 5) is 14.4. The molecule has 0 spiro atoms. The summed E-state index contributed by atoms with van der Waals surface area (Å²) in [7, 11) is 1.80. The third-order valence-electron chi connectivity index (χ3n) is 4.19. The topological polar surface area (TPSA) is 71.4 Å². The number of urea groups is 1. The summed E-state index contributed by atoms with van der Waals surface area (Å²) in [5.74, 6) is 1.32. The molecular formula is C18H25N5O2. The van der Waals surface area contributed by atoms with E-state index in [0.29, 0.717) is 18.1 Å². The first-order valence-corrected chi connectivity index (χ1v) is 8.72. The Morgan fingerprint density at radius 2 is 1.88 bits per heavy atom. The minimum atomic E-state index is -0.322. The number of carbonyl (C=O) groups excluding carboxylic acids is 1. The minimum Gasteiger partial charge on any atom is -0.492 e. The highest BCUT2D eigenvalue weighted by Crippen LogP contribution is 2.16. The predicted octanol–water partition coefficient (Wildman–Crippen LogP) is 2.93. The summed E-state index contributed by atoms with van der Waals surface area (Å²) in [6.45, 7) is 4.01. The number of anilines is 2. The standard InChI is InChI=1S/C18H25N5O2/c1-22-12-9-17(21-22)20-18(24)19-15-5-7-16(8-6-15)25-14-13-23-10-3-2-4-11-23/h5-9,12H,2-4,10-11,13-14H2,1H3,(H2,19,20,21,24). The van der Waals surface area contributed by atoms with E-state index < -0.39 is 0 Å². The summed E-state index contributed by atoms with van der Waals surface area (Å²) < 4.78 is 7.41. The molecular weight excluding hydrogens is 318 g/mol. The summed E-state index contributed by atoms with van der Waals surface area (Å²) in [6.07, 6.45) is 5.70. The molecule has 0 atom stereocenters. The smallest absolute Gasteiger partial charge is 0.324 e. The van der Waals surface area contributed by atoms with E-state index in [1.165, 1.54) is 32.4 Å². The van der Waals surface area contributed by atoms with E-state index >= 15 is 0 Å². The van der Waals surface area contributed by atoms with Gasteiger partial charge in [-0.15, -0.1) is 0 Å². The lowest BCUT2D eigenvalue weighted by Crippen LogP contribution is -2.33. The van der Waals surface area contributed by atoms with Gasteiger partial charge in [0.15, 0.2) is 5.82 Å². The van der Waals surface area contributed by atoms with Gasteiger partial charge in [0.2, 0.25) is 0 Å². The molecule has 2 N–H and O–H groups in total. The van der Waals surface area contributed by atoms with Crippen LogP contribution in [0.2, 0.25) is 0 Å². The molecule has 1 aliphatic rings. The number of aromatic nitrogens is 2. The second kappa shape index (κ2) is 8.53. The molecule has 0 saturated carbocycles. The van der Waals surface area contributed by atoms with Crippen molar-refractivity contribution in [3.05, 3.63) is 36.5 Å². The van der Waals surface area contributed by atoms with Crippen LogP contribution in [-0.2, 0) is 7.05 Å². The molecule has 134 valence electrons. The number of ether oxygens (including phenoxy) is 1. The predicted molar refractivity (Wildman–Crippen MR) is 98.1 cm³/mol. The van der Waals surface area contributed by atoms with Crippen molar-refractivity contribution in [1.82, 2.24) is 14.7 Å². The van der Waals surface area contributed by atoms with E-state index in [0.717, 1.165) is 12.3 Å². The fraction of sp³-hybridized carbons (Fsp3) is 0.444. The summed E-state index contributed by atoms with van der Waals surface area (Å²) in [5.41, 5.74) is 0.705. The minimum absolute atomic E-state index is 0.322. The Bertz CT molecular complexity index is 677. The van der Waals surface area contributed by atoms with Crippen molar-refractivity contribution in [3.63, 3.8) is 0 Å². The molecule has 1 aromatic carbocycles. The molecule has 1 fully saturated rings. The van der Waals surface area contributed by atoms with Crippen LogP contribution in [0.3, 0.4) is 0 Å². The van der Waals surface area contributed by atoms with Crippen LogP contribution in [0.15, 0.2) is 36.5 Å². The monoisotopic (exact) mass is 343 g/mol. The zero-order valence-electron chi connectivity index (χ0n) is 14.6. The zero-order chi connectivity index (χ0) is 17.5. The van der Waals surface area contributed by atoms with Crippen LogP contribution in [0.25, 0.3) is 0 Å². The molecule has 7 heteroatoms. The number of benzene rings is 1. The average molecular weight is 343 g/mol. The second-order valence-electron chi connectivity index (χ2n) is 6.23.